The van der Waals surface area contributed by atoms with Crippen molar-refractivity contribution in [3.8, 4) is 17.2 Å². The largest absolute Gasteiger partial charge is 0.507 e. The van der Waals surface area contributed by atoms with Gasteiger partial charge in [0.1, 0.15) is 22.8 Å². The van der Waals surface area contributed by atoms with E-state index in [1.165, 1.54) is 44.6 Å². The fourth-order valence-electron chi connectivity index (χ4n) is 1.94. The fraction of sp³-hybridized carbons (Fsp3) is 0.176. The van der Waals surface area contributed by atoms with Gasteiger partial charge in [0.25, 0.3) is 0 Å². The van der Waals surface area contributed by atoms with Gasteiger partial charge in [-0.3, -0.25) is 4.79 Å². The minimum atomic E-state index is -0.817. The van der Waals surface area contributed by atoms with Gasteiger partial charge in [-0.1, -0.05) is 11.6 Å². The average Bonchev–Trinajstić information content (AvgIpc) is 2.59. The third-order valence-electron chi connectivity index (χ3n) is 3.23. The van der Waals surface area contributed by atoms with Crippen molar-refractivity contribution in [1.82, 2.24) is 0 Å². The maximum atomic E-state index is 12.1. The highest BCUT2D eigenvalue weighted by Gasteiger charge is 2.16. The average molecular weight is 351 g/mol. The summed E-state index contributed by atoms with van der Waals surface area (Å²) < 4.78 is 14.9. The number of phenolic OH excluding ortho intramolecular Hbond substituents is 1. The first kappa shape index (κ1) is 17.6. The van der Waals surface area contributed by atoms with Crippen molar-refractivity contribution >= 4 is 23.4 Å². The zero-order chi connectivity index (χ0) is 17.7. The maximum absolute atomic E-state index is 12.1. The van der Waals surface area contributed by atoms with E-state index in [9.17, 15) is 14.7 Å². The molecule has 24 heavy (non-hydrogen) atoms. The Hall–Kier alpha value is -2.73. The third-order valence-corrected chi connectivity index (χ3v) is 3.53. The van der Waals surface area contributed by atoms with Gasteiger partial charge in [0.15, 0.2) is 12.4 Å². The Morgan fingerprint density at radius 3 is 2.42 bits per heavy atom. The van der Waals surface area contributed by atoms with Gasteiger partial charge in [-0.2, -0.15) is 0 Å². The summed E-state index contributed by atoms with van der Waals surface area (Å²) in [7, 11) is 2.90. The number of benzene rings is 2. The molecule has 0 spiro atoms. The van der Waals surface area contributed by atoms with E-state index in [1.54, 1.807) is 6.07 Å². The van der Waals surface area contributed by atoms with Gasteiger partial charge in [0, 0.05) is 11.6 Å². The van der Waals surface area contributed by atoms with Gasteiger partial charge in [-0.05, 0) is 30.3 Å². The topological polar surface area (TPSA) is 82.1 Å². The lowest BCUT2D eigenvalue weighted by Crippen LogP contribution is -2.14. The summed E-state index contributed by atoms with van der Waals surface area (Å²) in [6, 6.07) is 8.63. The summed E-state index contributed by atoms with van der Waals surface area (Å²) in [5, 5.41) is 10.1. The normalized spacial score (nSPS) is 10.1. The Balaban J connectivity index is 2.03. The number of ether oxygens (including phenoxy) is 3. The van der Waals surface area contributed by atoms with Crippen LogP contribution in [0, 0.1) is 0 Å². The molecule has 2 rings (SSSR count). The highest BCUT2D eigenvalue weighted by atomic mass is 35.5. The summed E-state index contributed by atoms with van der Waals surface area (Å²) in [6.45, 7) is -0.479. The van der Waals surface area contributed by atoms with Crippen LogP contribution >= 0.6 is 11.6 Å². The molecule has 0 bridgehead atoms. The van der Waals surface area contributed by atoms with Crippen molar-refractivity contribution in [3.63, 3.8) is 0 Å². The van der Waals surface area contributed by atoms with Crippen LogP contribution in [0.2, 0.25) is 5.02 Å². The number of phenols is 1. The van der Waals surface area contributed by atoms with Crippen molar-refractivity contribution in [2.75, 3.05) is 20.8 Å². The number of esters is 1. The van der Waals surface area contributed by atoms with Crippen LogP contribution in [-0.2, 0) is 4.74 Å². The molecule has 0 fully saturated rings. The first-order chi connectivity index (χ1) is 11.5. The summed E-state index contributed by atoms with van der Waals surface area (Å²) in [5.74, 6) is -0.704. The van der Waals surface area contributed by atoms with Crippen molar-refractivity contribution in [1.29, 1.82) is 0 Å². The Kier molecular flexibility index (Phi) is 5.65. The van der Waals surface area contributed by atoms with Crippen LogP contribution in [0.1, 0.15) is 20.7 Å². The molecule has 0 unspecified atom stereocenters. The lowest BCUT2D eigenvalue weighted by Gasteiger charge is -2.08. The van der Waals surface area contributed by atoms with E-state index in [0.29, 0.717) is 11.5 Å². The van der Waals surface area contributed by atoms with Crippen molar-refractivity contribution in [2.45, 2.75) is 0 Å². The molecular formula is C17H15ClO6. The van der Waals surface area contributed by atoms with E-state index < -0.39 is 18.4 Å². The molecule has 0 atom stereocenters. The zero-order valence-corrected chi connectivity index (χ0v) is 13.8. The predicted octanol–water partition coefficient (Wildman–Crippen LogP) is 3.10. The van der Waals surface area contributed by atoms with E-state index in [2.05, 4.69) is 0 Å². The van der Waals surface area contributed by atoms with E-state index >= 15 is 0 Å². The number of carbonyl (C=O) groups excluding carboxylic acids is 2. The molecule has 0 aromatic heterocycles. The second-order valence-electron chi connectivity index (χ2n) is 4.73. The van der Waals surface area contributed by atoms with E-state index in [0.717, 1.165) is 0 Å². The second-order valence-corrected chi connectivity index (χ2v) is 5.14. The molecule has 2 aromatic carbocycles. The minimum Gasteiger partial charge on any atom is -0.507 e. The smallest absolute Gasteiger partial charge is 0.342 e. The van der Waals surface area contributed by atoms with Gasteiger partial charge in [0.05, 0.1) is 19.2 Å². The monoisotopic (exact) mass is 350 g/mol. The van der Waals surface area contributed by atoms with Crippen LogP contribution in [-0.4, -0.2) is 37.7 Å². The Morgan fingerprint density at radius 1 is 1.08 bits per heavy atom. The summed E-state index contributed by atoms with van der Waals surface area (Å²) in [4.78, 5) is 24.0. The van der Waals surface area contributed by atoms with Gasteiger partial charge >= 0.3 is 5.97 Å². The van der Waals surface area contributed by atoms with Crippen molar-refractivity contribution < 1.29 is 28.9 Å². The molecule has 0 saturated heterocycles. The number of methoxy groups -OCH3 is 2. The molecule has 1 N–H and O–H groups in total. The van der Waals surface area contributed by atoms with Crippen LogP contribution in [0.15, 0.2) is 36.4 Å². The summed E-state index contributed by atoms with van der Waals surface area (Å²) >= 11 is 5.95. The molecule has 0 amide bonds. The number of hydrogen-bond donors (Lipinski definition) is 1. The number of aromatic hydroxyl groups is 1. The minimum absolute atomic E-state index is 0.0589. The van der Waals surface area contributed by atoms with Gasteiger partial charge in [-0.15, -0.1) is 0 Å². The molecule has 6 nitrogen and oxygen atoms in total. The zero-order valence-electron chi connectivity index (χ0n) is 13.0. The van der Waals surface area contributed by atoms with E-state index in [-0.39, 0.29) is 21.9 Å². The van der Waals surface area contributed by atoms with Gasteiger partial charge < -0.3 is 19.3 Å². The SMILES string of the molecule is COc1ccc(C(=O)OCC(=O)c2ccc(OC)c(Cl)c2)c(O)c1. The maximum Gasteiger partial charge on any atom is 0.342 e. The Bertz CT molecular complexity index is 772. The van der Waals surface area contributed by atoms with Gasteiger partial charge in [-0.25, -0.2) is 4.79 Å². The summed E-state index contributed by atoms with van der Waals surface area (Å²) in [6.07, 6.45) is 0. The van der Waals surface area contributed by atoms with E-state index in [1.807, 2.05) is 0 Å². The number of halogens is 1. The standard InChI is InChI=1S/C17H15ClO6/c1-22-11-4-5-12(14(19)8-11)17(21)24-9-15(20)10-3-6-16(23-2)13(18)7-10/h3-8,19H,9H2,1-2H3. The fourth-order valence-corrected chi connectivity index (χ4v) is 2.20. The molecule has 7 heteroatoms. The molecule has 0 aliphatic carbocycles. The number of ketones is 1. The Labute approximate surface area is 143 Å². The molecule has 0 aliphatic heterocycles. The molecular weight excluding hydrogens is 336 g/mol. The molecule has 0 saturated carbocycles. The summed E-state index contributed by atoms with van der Waals surface area (Å²) in [5.41, 5.74) is 0.226. The molecule has 126 valence electrons. The lowest BCUT2D eigenvalue weighted by atomic mass is 10.1. The number of Topliss-reactive ketones (excluding diaryl/α,β-unsaturated/α-hetero) is 1. The van der Waals surface area contributed by atoms with Crippen LogP contribution in [0.25, 0.3) is 0 Å². The number of carbonyl (C=O) groups is 2. The molecule has 0 radical (unpaired) electrons. The third kappa shape index (κ3) is 3.97. The first-order valence-corrected chi connectivity index (χ1v) is 7.25. The van der Waals surface area contributed by atoms with Crippen LogP contribution in [0.4, 0.5) is 0 Å². The lowest BCUT2D eigenvalue weighted by molar-refractivity contribution is 0.0471. The predicted molar refractivity (Wildman–Crippen MR) is 87.3 cm³/mol. The quantitative estimate of drug-likeness (QED) is 0.636. The molecule has 0 aliphatic rings. The van der Waals surface area contributed by atoms with Crippen molar-refractivity contribution in [2.24, 2.45) is 0 Å². The van der Waals surface area contributed by atoms with Crippen LogP contribution < -0.4 is 9.47 Å². The number of hydrogen-bond acceptors (Lipinski definition) is 6. The highest BCUT2D eigenvalue weighted by molar-refractivity contribution is 6.32. The molecule has 0 heterocycles. The second kappa shape index (κ2) is 7.70. The molecule has 2 aromatic rings. The van der Waals surface area contributed by atoms with Crippen molar-refractivity contribution in [3.05, 3.63) is 52.5 Å². The Morgan fingerprint density at radius 2 is 1.83 bits per heavy atom. The van der Waals surface area contributed by atoms with Gasteiger partial charge in [0.2, 0.25) is 0 Å². The van der Waals surface area contributed by atoms with E-state index in [4.69, 9.17) is 25.8 Å². The van der Waals surface area contributed by atoms with Crippen LogP contribution in [0.3, 0.4) is 0 Å². The number of rotatable bonds is 6. The van der Waals surface area contributed by atoms with Crippen LogP contribution in [0.5, 0.6) is 17.2 Å². The highest BCUT2D eigenvalue weighted by Crippen LogP contribution is 2.26. The first-order valence-electron chi connectivity index (χ1n) is 6.87.